The van der Waals surface area contributed by atoms with Gasteiger partial charge in [-0.1, -0.05) is 37.5 Å². The number of guanidine groups is 1. The average Bonchev–Trinajstić information content (AvgIpc) is 2.78. The van der Waals surface area contributed by atoms with Gasteiger partial charge >= 0.3 is 0 Å². The van der Waals surface area contributed by atoms with Gasteiger partial charge in [-0.25, -0.2) is 0 Å². The summed E-state index contributed by atoms with van der Waals surface area (Å²) in [6, 6.07) is 8.17. The second-order valence-electron chi connectivity index (χ2n) is 5.71. The molecule has 1 aromatic carbocycles. The number of nitrogens with one attached hydrogen (secondary N) is 1. The van der Waals surface area contributed by atoms with Crippen LogP contribution in [0.5, 0.6) is 0 Å². The molecule has 0 atom stereocenters. The van der Waals surface area contributed by atoms with Crippen molar-refractivity contribution in [1.29, 1.82) is 0 Å². The van der Waals surface area contributed by atoms with E-state index in [0.717, 1.165) is 12.2 Å². The van der Waals surface area contributed by atoms with Crippen molar-refractivity contribution < 1.29 is 0 Å². The van der Waals surface area contributed by atoms with E-state index in [2.05, 4.69) is 36.3 Å². The van der Waals surface area contributed by atoms with Gasteiger partial charge in [0.25, 0.3) is 0 Å². The molecule has 0 aliphatic heterocycles. The molecule has 1 aromatic rings. The Morgan fingerprint density at radius 1 is 1.26 bits per heavy atom. The SMILES string of the molecule is Cc1ccc(NC(N)=NCC2(C)CCCC2)cc1.I. The van der Waals surface area contributed by atoms with E-state index in [1.165, 1.54) is 31.2 Å². The number of anilines is 1. The summed E-state index contributed by atoms with van der Waals surface area (Å²) in [5.74, 6) is 0.520. The lowest BCUT2D eigenvalue weighted by molar-refractivity contribution is 0.351. The van der Waals surface area contributed by atoms with Crippen molar-refractivity contribution in [3.8, 4) is 0 Å². The van der Waals surface area contributed by atoms with Crippen LogP contribution < -0.4 is 11.1 Å². The number of rotatable bonds is 3. The molecule has 0 aromatic heterocycles. The van der Waals surface area contributed by atoms with Gasteiger partial charge in [0.2, 0.25) is 0 Å². The number of nitrogens with two attached hydrogens (primary N) is 1. The highest BCUT2D eigenvalue weighted by molar-refractivity contribution is 14.0. The maximum atomic E-state index is 5.92. The summed E-state index contributed by atoms with van der Waals surface area (Å²) in [6.07, 6.45) is 5.21. The van der Waals surface area contributed by atoms with E-state index >= 15 is 0 Å². The molecule has 1 saturated carbocycles. The lowest BCUT2D eigenvalue weighted by Crippen LogP contribution is -2.25. The van der Waals surface area contributed by atoms with Crippen LogP contribution in [0.1, 0.15) is 38.2 Å². The van der Waals surface area contributed by atoms with Gasteiger partial charge in [0.05, 0.1) is 0 Å². The monoisotopic (exact) mass is 373 g/mol. The molecule has 4 heteroatoms. The Hall–Kier alpha value is -0.780. The molecular formula is C15H24IN3. The van der Waals surface area contributed by atoms with Gasteiger partial charge in [-0.3, -0.25) is 4.99 Å². The van der Waals surface area contributed by atoms with Crippen LogP contribution >= 0.6 is 24.0 Å². The first-order valence-corrected chi connectivity index (χ1v) is 6.71. The molecule has 0 heterocycles. The molecule has 0 unspecified atom stereocenters. The largest absolute Gasteiger partial charge is 0.370 e. The molecule has 1 fully saturated rings. The quantitative estimate of drug-likeness (QED) is 0.479. The third-order valence-electron chi connectivity index (χ3n) is 3.77. The second-order valence-corrected chi connectivity index (χ2v) is 5.71. The molecule has 2 rings (SSSR count). The van der Waals surface area contributed by atoms with Crippen LogP contribution in [0.15, 0.2) is 29.3 Å². The summed E-state index contributed by atoms with van der Waals surface area (Å²) < 4.78 is 0. The van der Waals surface area contributed by atoms with Gasteiger partial charge in [-0.2, -0.15) is 0 Å². The molecule has 0 radical (unpaired) electrons. The zero-order chi connectivity index (χ0) is 13.0. The first kappa shape index (κ1) is 16.3. The van der Waals surface area contributed by atoms with Crippen molar-refractivity contribution in [3.63, 3.8) is 0 Å². The maximum Gasteiger partial charge on any atom is 0.193 e. The Morgan fingerprint density at radius 3 is 2.42 bits per heavy atom. The highest BCUT2D eigenvalue weighted by Crippen LogP contribution is 2.37. The first-order chi connectivity index (χ1) is 8.57. The molecule has 1 aliphatic carbocycles. The van der Waals surface area contributed by atoms with Crippen LogP contribution in [0.3, 0.4) is 0 Å². The zero-order valence-corrected chi connectivity index (χ0v) is 14.1. The predicted molar refractivity (Wildman–Crippen MR) is 93.3 cm³/mol. The number of halogens is 1. The summed E-state index contributed by atoms with van der Waals surface area (Å²) in [4.78, 5) is 4.48. The normalized spacial score (nSPS) is 17.9. The van der Waals surface area contributed by atoms with Gasteiger partial charge < -0.3 is 11.1 Å². The van der Waals surface area contributed by atoms with Crippen LogP contribution in [-0.4, -0.2) is 12.5 Å². The minimum Gasteiger partial charge on any atom is -0.370 e. The number of hydrogen-bond acceptors (Lipinski definition) is 1. The van der Waals surface area contributed by atoms with Crippen molar-refractivity contribution in [1.82, 2.24) is 0 Å². The molecule has 0 bridgehead atoms. The molecule has 0 saturated heterocycles. The number of aliphatic imine (C=N–C) groups is 1. The Balaban J connectivity index is 0.00000180. The van der Waals surface area contributed by atoms with Gasteiger partial charge in [-0.05, 0) is 37.3 Å². The van der Waals surface area contributed by atoms with E-state index < -0.39 is 0 Å². The first-order valence-electron chi connectivity index (χ1n) is 6.71. The number of benzene rings is 1. The smallest absolute Gasteiger partial charge is 0.193 e. The zero-order valence-electron chi connectivity index (χ0n) is 11.8. The molecular weight excluding hydrogens is 349 g/mol. The van der Waals surface area contributed by atoms with E-state index in [0.29, 0.717) is 11.4 Å². The third-order valence-corrected chi connectivity index (χ3v) is 3.77. The summed E-state index contributed by atoms with van der Waals surface area (Å²) in [5.41, 5.74) is 8.52. The third kappa shape index (κ3) is 5.01. The average molecular weight is 373 g/mol. The summed E-state index contributed by atoms with van der Waals surface area (Å²) in [5, 5.41) is 3.14. The minimum atomic E-state index is 0. The van der Waals surface area contributed by atoms with Crippen LogP contribution in [0.4, 0.5) is 5.69 Å². The number of aryl methyl sites for hydroxylation is 1. The van der Waals surface area contributed by atoms with Gasteiger partial charge in [0.15, 0.2) is 5.96 Å². The number of nitrogens with zero attached hydrogens (tertiary/aromatic N) is 1. The van der Waals surface area contributed by atoms with Crippen LogP contribution in [0, 0.1) is 12.3 Å². The number of hydrogen-bond donors (Lipinski definition) is 2. The summed E-state index contributed by atoms with van der Waals surface area (Å²) >= 11 is 0. The predicted octanol–water partition coefficient (Wildman–Crippen LogP) is 3.92. The fourth-order valence-electron chi connectivity index (χ4n) is 2.49. The van der Waals surface area contributed by atoms with E-state index in [4.69, 9.17) is 5.73 Å². The highest BCUT2D eigenvalue weighted by atomic mass is 127. The second kappa shape index (κ2) is 7.12. The fourth-order valence-corrected chi connectivity index (χ4v) is 2.49. The van der Waals surface area contributed by atoms with E-state index in [-0.39, 0.29) is 24.0 Å². The molecule has 3 nitrogen and oxygen atoms in total. The van der Waals surface area contributed by atoms with Crippen molar-refractivity contribution in [2.45, 2.75) is 39.5 Å². The van der Waals surface area contributed by atoms with Crippen LogP contribution in [-0.2, 0) is 0 Å². The Kier molecular flexibility index (Phi) is 6.10. The van der Waals surface area contributed by atoms with E-state index in [1.807, 2.05) is 12.1 Å². The molecule has 0 spiro atoms. The van der Waals surface area contributed by atoms with Crippen LogP contribution in [0.2, 0.25) is 0 Å². The van der Waals surface area contributed by atoms with Crippen molar-refractivity contribution in [3.05, 3.63) is 29.8 Å². The van der Waals surface area contributed by atoms with Gasteiger partial charge in [0, 0.05) is 12.2 Å². The Bertz CT molecular complexity index is 420. The standard InChI is InChI=1S/C15H23N3.HI/c1-12-5-7-13(8-6-12)18-14(16)17-11-15(2)9-3-4-10-15;/h5-8H,3-4,9-11H2,1-2H3,(H3,16,17,18);1H. The van der Waals surface area contributed by atoms with E-state index in [1.54, 1.807) is 0 Å². The van der Waals surface area contributed by atoms with Crippen LogP contribution in [0.25, 0.3) is 0 Å². The molecule has 106 valence electrons. The Morgan fingerprint density at radius 2 is 1.84 bits per heavy atom. The maximum absolute atomic E-state index is 5.92. The lowest BCUT2D eigenvalue weighted by Gasteiger charge is -2.20. The highest BCUT2D eigenvalue weighted by Gasteiger charge is 2.28. The Labute approximate surface area is 133 Å². The van der Waals surface area contributed by atoms with Gasteiger partial charge in [0.1, 0.15) is 0 Å². The summed E-state index contributed by atoms with van der Waals surface area (Å²) in [6.45, 7) is 5.21. The molecule has 0 amide bonds. The van der Waals surface area contributed by atoms with Crippen molar-refractivity contribution in [2.24, 2.45) is 16.1 Å². The van der Waals surface area contributed by atoms with Crippen molar-refractivity contribution in [2.75, 3.05) is 11.9 Å². The lowest BCUT2D eigenvalue weighted by atomic mass is 9.89. The van der Waals surface area contributed by atoms with E-state index in [9.17, 15) is 0 Å². The van der Waals surface area contributed by atoms with Gasteiger partial charge in [-0.15, -0.1) is 24.0 Å². The minimum absolute atomic E-state index is 0. The topological polar surface area (TPSA) is 50.4 Å². The van der Waals surface area contributed by atoms with Crippen molar-refractivity contribution >= 4 is 35.6 Å². The summed E-state index contributed by atoms with van der Waals surface area (Å²) in [7, 11) is 0. The molecule has 3 N–H and O–H groups in total. The fraction of sp³-hybridized carbons (Fsp3) is 0.533. The molecule has 19 heavy (non-hydrogen) atoms. The molecule has 1 aliphatic rings.